The number of aliphatic hydroxyl groups is 2. The lowest BCUT2D eigenvalue weighted by Crippen LogP contribution is -2.52. The summed E-state index contributed by atoms with van der Waals surface area (Å²) in [5.41, 5.74) is -1.33. The van der Waals surface area contributed by atoms with Gasteiger partial charge in [0.15, 0.2) is 0 Å². The zero-order valence-electron chi connectivity index (χ0n) is 20.2. The molecule has 0 aromatic heterocycles. The van der Waals surface area contributed by atoms with Crippen LogP contribution in [0.1, 0.15) is 103 Å². The Labute approximate surface area is 185 Å². The Kier molecular flexibility index (Phi) is 16.2. The summed E-state index contributed by atoms with van der Waals surface area (Å²) in [6, 6.07) is 0. The molecule has 0 aliphatic carbocycles. The maximum atomic E-state index is 11.0. The molecule has 30 heavy (non-hydrogen) atoms. The normalized spacial score (nSPS) is 15.4. The number of allylic oxidation sites excluding steroid dienone is 2. The van der Waals surface area contributed by atoms with Crippen LogP contribution in [-0.2, 0) is 4.79 Å². The number of nitrogens with zero attached hydrogens (tertiary/aromatic N) is 1. The highest BCUT2D eigenvalue weighted by Crippen LogP contribution is 2.23. The monoisotopic (exact) mass is 427 g/mol. The van der Waals surface area contributed by atoms with E-state index in [0.717, 1.165) is 25.7 Å². The van der Waals surface area contributed by atoms with Gasteiger partial charge in [0.05, 0.1) is 27.2 Å². The van der Waals surface area contributed by atoms with Gasteiger partial charge in [-0.25, -0.2) is 0 Å². The molecule has 0 aliphatic rings. The Balaban J connectivity index is 3.84. The molecule has 0 spiro atoms. The van der Waals surface area contributed by atoms with E-state index in [1.165, 1.54) is 44.9 Å². The third-order valence-corrected chi connectivity index (χ3v) is 5.48. The van der Waals surface area contributed by atoms with E-state index < -0.39 is 17.7 Å². The van der Waals surface area contributed by atoms with Crippen LogP contribution < -0.4 is 5.11 Å². The average molecular weight is 428 g/mol. The highest BCUT2D eigenvalue weighted by atomic mass is 16.4. The van der Waals surface area contributed by atoms with Crippen molar-refractivity contribution >= 4 is 5.97 Å². The number of unbranched alkanes of at least 4 members (excludes halogenated alkanes) is 9. The summed E-state index contributed by atoms with van der Waals surface area (Å²) in [7, 11) is 5.75. The highest BCUT2D eigenvalue weighted by molar-refractivity contribution is 5.65. The zero-order valence-corrected chi connectivity index (χ0v) is 20.2. The van der Waals surface area contributed by atoms with Crippen LogP contribution in [0.5, 0.6) is 0 Å². The first-order valence-corrected chi connectivity index (χ1v) is 12.1. The molecule has 0 saturated carbocycles. The predicted molar refractivity (Wildman–Crippen MR) is 123 cm³/mol. The Morgan fingerprint density at radius 1 is 0.933 bits per heavy atom. The fraction of sp³-hybridized carbons (Fsp3) is 0.880. The number of carbonyl (C=O) groups excluding carboxylic acids is 1. The van der Waals surface area contributed by atoms with Gasteiger partial charge in [0.1, 0.15) is 12.1 Å². The summed E-state index contributed by atoms with van der Waals surface area (Å²) in [4.78, 5) is 11.0. The van der Waals surface area contributed by atoms with Crippen LogP contribution >= 0.6 is 0 Å². The summed E-state index contributed by atoms with van der Waals surface area (Å²) >= 11 is 0. The molecule has 0 fully saturated rings. The van der Waals surface area contributed by atoms with Gasteiger partial charge in [-0.2, -0.15) is 0 Å². The van der Waals surface area contributed by atoms with Crippen molar-refractivity contribution in [3.63, 3.8) is 0 Å². The first kappa shape index (κ1) is 29.1. The van der Waals surface area contributed by atoms with Crippen molar-refractivity contribution in [3.05, 3.63) is 12.2 Å². The second-order valence-electron chi connectivity index (χ2n) is 10.1. The van der Waals surface area contributed by atoms with Gasteiger partial charge in [-0.3, -0.25) is 0 Å². The van der Waals surface area contributed by atoms with Crippen molar-refractivity contribution in [3.8, 4) is 0 Å². The summed E-state index contributed by atoms with van der Waals surface area (Å²) in [6.07, 6.45) is 18.6. The molecule has 0 aliphatic heterocycles. The van der Waals surface area contributed by atoms with E-state index in [2.05, 4.69) is 19.1 Å². The van der Waals surface area contributed by atoms with Crippen LogP contribution in [0.2, 0.25) is 0 Å². The molecule has 0 aromatic rings. The molecule has 0 aromatic carbocycles. The number of hydrogen-bond acceptors (Lipinski definition) is 4. The van der Waals surface area contributed by atoms with Gasteiger partial charge in [0.2, 0.25) is 0 Å². The molecular weight excluding hydrogens is 378 g/mol. The Hall–Kier alpha value is -0.910. The van der Waals surface area contributed by atoms with E-state index in [0.29, 0.717) is 23.9 Å². The van der Waals surface area contributed by atoms with Crippen LogP contribution in [0.3, 0.4) is 0 Å². The summed E-state index contributed by atoms with van der Waals surface area (Å²) in [6.45, 7) is 2.57. The van der Waals surface area contributed by atoms with Gasteiger partial charge >= 0.3 is 0 Å². The van der Waals surface area contributed by atoms with Crippen LogP contribution in [0, 0.1) is 0 Å². The summed E-state index contributed by atoms with van der Waals surface area (Å²) in [5, 5.41) is 31.9. The molecule has 0 heterocycles. The number of quaternary nitrogens is 1. The molecule has 2 N–H and O–H groups in total. The van der Waals surface area contributed by atoms with Crippen molar-refractivity contribution in [2.75, 3.05) is 27.7 Å². The topological polar surface area (TPSA) is 80.6 Å². The summed E-state index contributed by atoms with van der Waals surface area (Å²) in [5.74, 6) is -1.25. The lowest BCUT2D eigenvalue weighted by molar-refractivity contribution is -0.877. The van der Waals surface area contributed by atoms with Gasteiger partial charge in [-0.1, -0.05) is 64.0 Å². The van der Waals surface area contributed by atoms with E-state index >= 15 is 0 Å². The smallest absolute Gasteiger partial charge is 0.119 e. The zero-order chi connectivity index (χ0) is 22.9. The number of rotatable bonds is 20. The third kappa shape index (κ3) is 19.1. The Morgan fingerprint density at radius 3 is 2.00 bits per heavy atom. The number of carboxylic acid groups (broad SMARTS) is 1. The lowest BCUT2D eigenvalue weighted by Gasteiger charge is -2.36. The Bertz CT molecular complexity index is 459. The molecule has 0 bridgehead atoms. The van der Waals surface area contributed by atoms with E-state index in [1.807, 2.05) is 21.1 Å². The molecule has 0 amide bonds. The average Bonchev–Trinajstić information content (AvgIpc) is 2.61. The number of aliphatic hydroxyl groups excluding tert-OH is 1. The van der Waals surface area contributed by atoms with Crippen molar-refractivity contribution < 1.29 is 24.6 Å². The molecule has 178 valence electrons. The minimum Gasteiger partial charge on any atom is -0.550 e. The second kappa shape index (κ2) is 16.7. The van der Waals surface area contributed by atoms with E-state index in [9.17, 15) is 20.1 Å². The molecule has 2 atom stereocenters. The quantitative estimate of drug-likeness (QED) is 0.175. The van der Waals surface area contributed by atoms with Crippen LogP contribution in [0.15, 0.2) is 12.2 Å². The van der Waals surface area contributed by atoms with Gasteiger partial charge < -0.3 is 24.6 Å². The minimum absolute atomic E-state index is 0.277. The number of carbonyl (C=O) groups is 1. The molecular formula is C25H49NO4. The molecule has 2 unspecified atom stereocenters. The first-order valence-electron chi connectivity index (χ1n) is 12.1. The lowest BCUT2D eigenvalue weighted by atomic mass is 9.90. The highest BCUT2D eigenvalue weighted by Gasteiger charge is 2.34. The molecule has 5 heteroatoms. The number of likely N-dealkylation sites (N-methyl/N-ethyl adjacent to an activating group) is 1. The fourth-order valence-corrected chi connectivity index (χ4v) is 4.05. The summed E-state index contributed by atoms with van der Waals surface area (Å²) < 4.78 is 0.465. The predicted octanol–water partition coefficient (Wildman–Crippen LogP) is 3.96. The fourth-order valence-electron chi connectivity index (χ4n) is 4.05. The minimum atomic E-state index is -1.33. The van der Waals surface area contributed by atoms with Gasteiger partial charge in [0, 0.05) is 12.4 Å². The first-order chi connectivity index (χ1) is 14.1. The molecule has 0 rings (SSSR count). The second-order valence-corrected chi connectivity index (χ2v) is 10.1. The van der Waals surface area contributed by atoms with Crippen LogP contribution in [0.4, 0.5) is 0 Å². The van der Waals surface area contributed by atoms with Crippen molar-refractivity contribution in [1.29, 1.82) is 0 Å². The Morgan fingerprint density at radius 2 is 1.47 bits per heavy atom. The van der Waals surface area contributed by atoms with Crippen molar-refractivity contribution in [2.45, 2.75) is 115 Å². The molecule has 5 nitrogen and oxygen atoms in total. The maximum absolute atomic E-state index is 11.0. The standard InChI is InChI=1S/C25H49NO4/c1-5-6-7-8-9-10-11-12-13-14-15-16-17-18-23(27)19-20-25(30,21-24(28)29)22-26(2,3)4/h12-13,23,27,30H,5-11,14-22H2,1-4H3/b13-12-. The molecule has 0 radical (unpaired) electrons. The number of carboxylic acids is 1. The van der Waals surface area contributed by atoms with Crippen LogP contribution in [-0.4, -0.2) is 60.1 Å². The van der Waals surface area contributed by atoms with E-state index in [1.54, 1.807) is 0 Å². The molecule has 0 saturated heterocycles. The van der Waals surface area contributed by atoms with Crippen molar-refractivity contribution in [1.82, 2.24) is 0 Å². The number of hydrogen-bond donors (Lipinski definition) is 2. The SMILES string of the molecule is CCCCCCCC/C=C\CCCCCC(O)CCC(O)(CC(=O)[O-])C[N+](C)(C)C. The van der Waals surface area contributed by atoms with E-state index in [4.69, 9.17) is 0 Å². The maximum Gasteiger partial charge on any atom is 0.119 e. The van der Waals surface area contributed by atoms with E-state index in [-0.39, 0.29) is 12.8 Å². The van der Waals surface area contributed by atoms with Gasteiger partial charge in [-0.15, -0.1) is 0 Å². The van der Waals surface area contributed by atoms with Gasteiger partial charge in [-0.05, 0) is 44.9 Å². The van der Waals surface area contributed by atoms with Gasteiger partial charge in [0.25, 0.3) is 0 Å². The largest absolute Gasteiger partial charge is 0.550 e. The van der Waals surface area contributed by atoms with Crippen molar-refractivity contribution in [2.24, 2.45) is 0 Å². The number of aliphatic carboxylic acids is 1. The van der Waals surface area contributed by atoms with Crippen LogP contribution in [0.25, 0.3) is 0 Å². The third-order valence-electron chi connectivity index (χ3n) is 5.48.